The molecule has 1 atom stereocenters. The Morgan fingerprint density at radius 1 is 1.00 bits per heavy atom. The molecule has 1 nitrogen and oxygen atoms in total. The van der Waals surface area contributed by atoms with Crippen molar-refractivity contribution in [2.45, 2.75) is 59.5 Å². The van der Waals surface area contributed by atoms with Crippen LogP contribution in [-0.2, 0) is 0 Å². The summed E-state index contributed by atoms with van der Waals surface area (Å²) in [7, 11) is 0. The second-order valence-corrected chi connectivity index (χ2v) is 5.13. The number of rotatable bonds is 6. The average Bonchev–Trinajstić information content (AvgIpc) is 2.31. The van der Waals surface area contributed by atoms with E-state index < -0.39 is 0 Å². The number of hydrogen-bond acceptors (Lipinski definition) is 1. The summed E-state index contributed by atoms with van der Waals surface area (Å²) in [6.45, 7) is 8.60. The lowest BCUT2D eigenvalue weighted by atomic mass is 9.87. The van der Waals surface area contributed by atoms with Crippen LogP contribution in [0.2, 0.25) is 0 Å². The first-order valence-corrected chi connectivity index (χ1v) is 6.85. The van der Waals surface area contributed by atoms with Gasteiger partial charge in [0, 0.05) is 0 Å². The largest absolute Gasteiger partial charge is 0.388 e. The third-order valence-corrected chi connectivity index (χ3v) is 3.64. The van der Waals surface area contributed by atoms with Gasteiger partial charge < -0.3 is 5.11 Å². The summed E-state index contributed by atoms with van der Waals surface area (Å²) in [6.07, 6.45) is 4.22. The molecule has 1 heteroatoms. The Morgan fingerprint density at radius 2 is 1.59 bits per heavy atom. The zero-order valence-electron chi connectivity index (χ0n) is 11.7. The lowest BCUT2D eigenvalue weighted by Gasteiger charge is -2.23. The van der Waals surface area contributed by atoms with Crippen LogP contribution in [0.5, 0.6) is 0 Å². The van der Waals surface area contributed by atoms with Gasteiger partial charge in [-0.15, -0.1) is 0 Å². The maximum absolute atomic E-state index is 10.5. The third-order valence-electron chi connectivity index (χ3n) is 3.64. The minimum Gasteiger partial charge on any atom is -0.388 e. The quantitative estimate of drug-likeness (QED) is 0.765. The van der Waals surface area contributed by atoms with E-state index in [9.17, 15) is 5.11 Å². The molecular weight excluding hydrogens is 208 g/mol. The highest BCUT2D eigenvalue weighted by Gasteiger charge is 2.19. The Labute approximate surface area is 106 Å². The maximum Gasteiger partial charge on any atom is 0.0818 e. The van der Waals surface area contributed by atoms with Crippen molar-refractivity contribution in [2.24, 2.45) is 5.92 Å². The van der Waals surface area contributed by atoms with Crippen LogP contribution in [-0.4, -0.2) is 5.11 Å². The number of aliphatic hydroxyl groups is 1. The average molecular weight is 234 g/mol. The van der Waals surface area contributed by atoms with Crippen LogP contribution >= 0.6 is 0 Å². The lowest BCUT2D eigenvalue weighted by molar-refractivity contribution is 0.0964. The molecule has 0 spiro atoms. The van der Waals surface area contributed by atoms with Crippen molar-refractivity contribution < 1.29 is 5.11 Å². The van der Waals surface area contributed by atoms with Crippen molar-refractivity contribution in [2.75, 3.05) is 0 Å². The van der Waals surface area contributed by atoms with Crippen molar-refractivity contribution in [3.63, 3.8) is 0 Å². The van der Waals surface area contributed by atoms with Gasteiger partial charge in [-0.3, -0.25) is 0 Å². The van der Waals surface area contributed by atoms with E-state index in [-0.39, 0.29) is 6.10 Å². The van der Waals surface area contributed by atoms with E-state index in [1.807, 2.05) is 0 Å². The van der Waals surface area contributed by atoms with Gasteiger partial charge in [0.25, 0.3) is 0 Å². The molecular formula is C16H26O. The standard InChI is InChI=1S/C16H26O/c1-5-7-14(8-6-2)16(17)15-10-9-12(3)13(4)11-15/h9-11,14,16-17H,5-8H2,1-4H3. The number of hydrogen-bond donors (Lipinski definition) is 1. The molecule has 1 rings (SSSR count). The van der Waals surface area contributed by atoms with Gasteiger partial charge in [0.2, 0.25) is 0 Å². The third kappa shape index (κ3) is 3.85. The molecule has 0 aromatic heterocycles. The second kappa shape index (κ2) is 6.80. The molecule has 0 amide bonds. The van der Waals surface area contributed by atoms with Crippen LogP contribution in [0.1, 0.15) is 62.3 Å². The van der Waals surface area contributed by atoms with Gasteiger partial charge in [-0.2, -0.15) is 0 Å². The van der Waals surface area contributed by atoms with Crippen LogP contribution in [0.25, 0.3) is 0 Å². The van der Waals surface area contributed by atoms with Gasteiger partial charge in [0.1, 0.15) is 0 Å². The topological polar surface area (TPSA) is 20.2 Å². The first-order valence-electron chi connectivity index (χ1n) is 6.85. The molecule has 0 heterocycles. The van der Waals surface area contributed by atoms with Crippen LogP contribution in [0.15, 0.2) is 18.2 Å². The smallest absolute Gasteiger partial charge is 0.0818 e. The predicted octanol–water partition coefficient (Wildman–Crippen LogP) is 4.55. The molecule has 1 N–H and O–H groups in total. The maximum atomic E-state index is 10.5. The van der Waals surface area contributed by atoms with E-state index >= 15 is 0 Å². The molecule has 1 aromatic carbocycles. The molecule has 0 aliphatic carbocycles. The van der Waals surface area contributed by atoms with E-state index in [1.165, 1.54) is 11.1 Å². The SMILES string of the molecule is CCCC(CCC)C(O)c1ccc(C)c(C)c1. The van der Waals surface area contributed by atoms with Crippen molar-refractivity contribution in [3.05, 3.63) is 34.9 Å². The first-order chi connectivity index (χ1) is 8.10. The highest BCUT2D eigenvalue weighted by Crippen LogP contribution is 2.30. The fourth-order valence-corrected chi connectivity index (χ4v) is 2.42. The minimum atomic E-state index is -0.297. The van der Waals surface area contributed by atoms with Gasteiger partial charge in [-0.25, -0.2) is 0 Å². The second-order valence-electron chi connectivity index (χ2n) is 5.13. The van der Waals surface area contributed by atoms with Gasteiger partial charge >= 0.3 is 0 Å². The lowest BCUT2D eigenvalue weighted by Crippen LogP contribution is -2.12. The van der Waals surface area contributed by atoms with Crippen LogP contribution in [0, 0.1) is 19.8 Å². The minimum absolute atomic E-state index is 0.297. The van der Waals surface area contributed by atoms with Crippen LogP contribution < -0.4 is 0 Å². The van der Waals surface area contributed by atoms with E-state index in [2.05, 4.69) is 45.9 Å². The van der Waals surface area contributed by atoms with Gasteiger partial charge in [-0.05, 0) is 49.3 Å². The normalized spacial score (nSPS) is 13.1. The van der Waals surface area contributed by atoms with E-state index in [1.54, 1.807) is 0 Å². The Morgan fingerprint density at radius 3 is 2.06 bits per heavy atom. The highest BCUT2D eigenvalue weighted by atomic mass is 16.3. The Hall–Kier alpha value is -0.820. The van der Waals surface area contributed by atoms with E-state index in [0.29, 0.717) is 5.92 Å². The Kier molecular flexibility index (Phi) is 5.70. The van der Waals surface area contributed by atoms with Gasteiger partial charge in [0.15, 0.2) is 0 Å². The van der Waals surface area contributed by atoms with Crippen molar-refractivity contribution in [1.29, 1.82) is 0 Å². The van der Waals surface area contributed by atoms with E-state index in [0.717, 1.165) is 31.2 Å². The molecule has 96 valence electrons. The monoisotopic (exact) mass is 234 g/mol. The number of aliphatic hydroxyl groups excluding tert-OH is 1. The zero-order valence-corrected chi connectivity index (χ0v) is 11.7. The van der Waals surface area contributed by atoms with Gasteiger partial charge in [0.05, 0.1) is 6.10 Å². The summed E-state index contributed by atoms with van der Waals surface area (Å²) in [5.74, 6) is 0.409. The summed E-state index contributed by atoms with van der Waals surface area (Å²) in [5.41, 5.74) is 3.65. The fraction of sp³-hybridized carbons (Fsp3) is 0.625. The molecule has 0 aliphatic heterocycles. The van der Waals surface area contributed by atoms with Crippen LogP contribution in [0.4, 0.5) is 0 Å². The molecule has 0 aliphatic rings. The summed E-state index contributed by atoms with van der Waals surface area (Å²) in [5, 5.41) is 10.5. The van der Waals surface area contributed by atoms with Crippen molar-refractivity contribution in [3.8, 4) is 0 Å². The number of aryl methyl sites for hydroxylation is 2. The molecule has 0 radical (unpaired) electrons. The van der Waals surface area contributed by atoms with E-state index in [4.69, 9.17) is 0 Å². The molecule has 1 unspecified atom stereocenters. The molecule has 0 saturated heterocycles. The Bertz CT molecular complexity index is 337. The Balaban J connectivity index is 2.84. The van der Waals surface area contributed by atoms with Crippen molar-refractivity contribution in [1.82, 2.24) is 0 Å². The fourth-order valence-electron chi connectivity index (χ4n) is 2.42. The predicted molar refractivity (Wildman–Crippen MR) is 74.2 cm³/mol. The highest BCUT2D eigenvalue weighted by molar-refractivity contribution is 5.31. The molecule has 0 fully saturated rings. The summed E-state index contributed by atoms with van der Waals surface area (Å²) >= 11 is 0. The molecule has 17 heavy (non-hydrogen) atoms. The molecule has 0 bridgehead atoms. The molecule has 1 aromatic rings. The first kappa shape index (κ1) is 14.2. The van der Waals surface area contributed by atoms with Gasteiger partial charge in [-0.1, -0.05) is 44.9 Å². The van der Waals surface area contributed by atoms with Crippen LogP contribution in [0.3, 0.4) is 0 Å². The zero-order chi connectivity index (χ0) is 12.8. The summed E-state index contributed by atoms with van der Waals surface area (Å²) < 4.78 is 0. The number of benzene rings is 1. The summed E-state index contributed by atoms with van der Waals surface area (Å²) in [4.78, 5) is 0. The molecule has 0 saturated carbocycles. The summed E-state index contributed by atoms with van der Waals surface area (Å²) in [6, 6.07) is 6.33. The van der Waals surface area contributed by atoms with Crippen molar-refractivity contribution >= 4 is 0 Å².